The zero-order valence-corrected chi connectivity index (χ0v) is 14.9. The number of nitrogens with one attached hydrogen (secondary N) is 2. The highest BCUT2D eigenvalue weighted by atomic mass is 32.2. The SMILES string of the molecule is CCNC(=O)NOC1CCN(S(=O)(=O)c2cccc(C(F)(F)F)c2)CC1. The minimum absolute atomic E-state index is 0.0837. The van der Waals surface area contributed by atoms with Crippen LogP contribution in [0.15, 0.2) is 29.2 Å². The first-order valence-corrected chi connectivity index (χ1v) is 9.45. The average Bonchev–Trinajstić information content (AvgIpc) is 2.60. The molecule has 2 amide bonds. The van der Waals surface area contributed by atoms with Crippen LogP contribution >= 0.6 is 0 Å². The van der Waals surface area contributed by atoms with Gasteiger partial charge in [0.05, 0.1) is 16.6 Å². The molecule has 146 valence electrons. The normalized spacial score (nSPS) is 17.1. The van der Waals surface area contributed by atoms with Gasteiger partial charge in [-0.3, -0.25) is 4.84 Å². The van der Waals surface area contributed by atoms with Crippen LogP contribution in [0.25, 0.3) is 0 Å². The minimum atomic E-state index is -4.61. The zero-order valence-electron chi connectivity index (χ0n) is 14.0. The van der Waals surface area contributed by atoms with Crippen LogP contribution < -0.4 is 10.8 Å². The molecule has 0 saturated carbocycles. The lowest BCUT2D eigenvalue weighted by Gasteiger charge is -2.30. The molecule has 1 aliphatic heterocycles. The number of piperidine rings is 1. The summed E-state index contributed by atoms with van der Waals surface area (Å²) in [5, 5.41) is 2.48. The molecule has 11 heteroatoms. The molecule has 1 saturated heterocycles. The van der Waals surface area contributed by atoms with Crippen LogP contribution in [0.2, 0.25) is 0 Å². The van der Waals surface area contributed by atoms with E-state index >= 15 is 0 Å². The van der Waals surface area contributed by atoms with E-state index < -0.39 is 32.7 Å². The summed E-state index contributed by atoms with van der Waals surface area (Å²) in [6.07, 6.45) is -4.36. The third kappa shape index (κ3) is 5.08. The topological polar surface area (TPSA) is 87.7 Å². The van der Waals surface area contributed by atoms with Crippen LogP contribution in [0, 0.1) is 0 Å². The van der Waals surface area contributed by atoms with E-state index in [1.54, 1.807) is 6.92 Å². The van der Waals surface area contributed by atoms with Crippen molar-refractivity contribution in [2.24, 2.45) is 0 Å². The first kappa shape index (κ1) is 20.5. The van der Waals surface area contributed by atoms with Gasteiger partial charge in [-0.25, -0.2) is 18.7 Å². The Hall–Kier alpha value is -1.85. The van der Waals surface area contributed by atoms with E-state index in [2.05, 4.69) is 10.8 Å². The molecule has 1 aliphatic rings. The van der Waals surface area contributed by atoms with E-state index in [1.807, 2.05) is 0 Å². The van der Waals surface area contributed by atoms with Gasteiger partial charge in [-0.1, -0.05) is 6.07 Å². The number of hydrogen-bond acceptors (Lipinski definition) is 4. The molecule has 1 fully saturated rings. The molecule has 0 aromatic heterocycles. The quantitative estimate of drug-likeness (QED) is 0.748. The summed E-state index contributed by atoms with van der Waals surface area (Å²) in [7, 11) is -4.03. The molecule has 0 spiro atoms. The van der Waals surface area contributed by atoms with E-state index in [0.29, 0.717) is 25.5 Å². The summed E-state index contributed by atoms with van der Waals surface area (Å²) in [6.45, 7) is 2.35. The number of rotatable bonds is 5. The van der Waals surface area contributed by atoms with Crippen LogP contribution in [0.5, 0.6) is 0 Å². The maximum absolute atomic E-state index is 12.8. The molecule has 7 nitrogen and oxygen atoms in total. The number of carbonyl (C=O) groups excluding carboxylic acids is 1. The van der Waals surface area contributed by atoms with E-state index in [9.17, 15) is 26.4 Å². The average molecular weight is 395 g/mol. The van der Waals surface area contributed by atoms with Crippen LogP contribution in [-0.4, -0.2) is 44.5 Å². The number of hydrogen-bond donors (Lipinski definition) is 2. The van der Waals surface area contributed by atoms with Crippen molar-refractivity contribution in [3.8, 4) is 0 Å². The molecule has 0 radical (unpaired) electrons. The highest BCUT2D eigenvalue weighted by Gasteiger charge is 2.34. The van der Waals surface area contributed by atoms with Crippen LogP contribution in [0.3, 0.4) is 0 Å². The van der Waals surface area contributed by atoms with Gasteiger partial charge in [0.15, 0.2) is 0 Å². The van der Waals surface area contributed by atoms with E-state index in [4.69, 9.17) is 4.84 Å². The predicted octanol–water partition coefficient (Wildman–Crippen LogP) is 2.11. The Morgan fingerprint density at radius 2 is 1.96 bits per heavy atom. The molecule has 0 unspecified atom stereocenters. The fraction of sp³-hybridized carbons (Fsp3) is 0.533. The Kier molecular flexibility index (Phi) is 6.48. The second kappa shape index (κ2) is 8.23. The van der Waals surface area contributed by atoms with Crippen molar-refractivity contribution in [2.75, 3.05) is 19.6 Å². The fourth-order valence-corrected chi connectivity index (χ4v) is 4.02. The van der Waals surface area contributed by atoms with Crippen LogP contribution in [-0.2, 0) is 21.0 Å². The lowest BCUT2D eigenvalue weighted by Crippen LogP contribution is -2.44. The molecule has 1 aromatic rings. The van der Waals surface area contributed by atoms with Crippen molar-refractivity contribution in [3.63, 3.8) is 0 Å². The number of hydroxylamine groups is 1. The second-order valence-corrected chi connectivity index (χ2v) is 7.65. The van der Waals surface area contributed by atoms with Crippen LogP contribution in [0.1, 0.15) is 25.3 Å². The van der Waals surface area contributed by atoms with Gasteiger partial charge in [0.2, 0.25) is 10.0 Å². The molecule has 0 atom stereocenters. The number of alkyl halides is 3. The first-order valence-electron chi connectivity index (χ1n) is 8.01. The van der Waals surface area contributed by atoms with Crippen molar-refractivity contribution in [2.45, 2.75) is 36.9 Å². The third-order valence-electron chi connectivity index (χ3n) is 3.86. The second-order valence-electron chi connectivity index (χ2n) is 5.71. The molecular weight excluding hydrogens is 375 g/mol. The molecule has 26 heavy (non-hydrogen) atoms. The third-order valence-corrected chi connectivity index (χ3v) is 5.75. The summed E-state index contributed by atoms with van der Waals surface area (Å²) in [4.78, 5) is 16.1. The maximum atomic E-state index is 12.8. The largest absolute Gasteiger partial charge is 0.416 e. The van der Waals surface area contributed by atoms with Gasteiger partial charge in [-0.2, -0.15) is 17.5 Å². The lowest BCUT2D eigenvalue weighted by atomic mass is 10.1. The summed E-state index contributed by atoms with van der Waals surface area (Å²) < 4.78 is 64.6. The monoisotopic (exact) mass is 395 g/mol. The Balaban J connectivity index is 1.99. The first-order chi connectivity index (χ1) is 12.1. The molecule has 0 bridgehead atoms. The smallest absolute Gasteiger partial charge is 0.337 e. The summed E-state index contributed by atoms with van der Waals surface area (Å²) in [5.74, 6) is 0. The summed E-state index contributed by atoms with van der Waals surface area (Å²) in [6, 6.07) is 3.18. The fourth-order valence-electron chi connectivity index (χ4n) is 2.51. The van der Waals surface area contributed by atoms with Crippen molar-refractivity contribution in [1.29, 1.82) is 0 Å². The van der Waals surface area contributed by atoms with Gasteiger partial charge in [0.25, 0.3) is 0 Å². The number of nitrogens with zero attached hydrogens (tertiary/aromatic N) is 1. The Bertz CT molecular complexity index is 732. The number of amides is 2. The van der Waals surface area contributed by atoms with Gasteiger partial charge >= 0.3 is 12.2 Å². The number of halogens is 3. The zero-order chi connectivity index (χ0) is 19.4. The highest BCUT2D eigenvalue weighted by molar-refractivity contribution is 7.89. The number of sulfonamides is 1. The Morgan fingerprint density at radius 3 is 2.54 bits per heavy atom. The highest BCUT2D eigenvalue weighted by Crippen LogP contribution is 2.31. The summed E-state index contributed by atoms with van der Waals surface area (Å²) >= 11 is 0. The maximum Gasteiger partial charge on any atom is 0.416 e. The van der Waals surface area contributed by atoms with E-state index in [0.717, 1.165) is 22.5 Å². The molecule has 2 N–H and O–H groups in total. The molecule has 1 heterocycles. The summed E-state index contributed by atoms with van der Waals surface area (Å²) in [5.41, 5.74) is 1.21. The van der Waals surface area contributed by atoms with Crippen LogP contribution in [0.4, 0.5) is 18.0 Å². The van der Waals surface area contributed by atoms with Crippen molar-refractivity contribution < 1.29 is 31.2 Å². The lowest BCUT2D eigenvalue weighted by molar-refractivity contribution is -0.137. The van der Waals surface area contributed by atoms with Crippen molar-refractivity contribution in [1.82, 2.24) is 15.1 Å². The molecule has 0 aliphatic carbocycles. The molecule has 2 rings (SSSR count). The van der Waals surface area contributed by atoms with E-state index in [-0.39, 0.29) is 19.2 Å². The number of benzene rings is 1. The minimum Gasteiger partial charge on any atom is -0.337 e. The van der Waals surface area contributed by atoms with Gasteiger partial charge < -0.3 is 5.32 Å². The van der Waals surface area contributed by atoms with Crippen molar-refractivity contribution in [3.05, 3.63) is 29.8 Å². The van der Waals surface area contributed by atoms with Gasteiger partial charge in [-0.15, -0.1) is 0 Å². The van der Waals surface area contributed by atoms with Gasteiger partial charge in [-0.05, 0) is 38.0 Å². The molecule has 1 aromatic carbocycles. The number of urea groups is 1. The Morgan fingerprint density at radius 1 is 1.31 bits per heavy atom. The standard InChI is InChI=1S/C15H20F3N3O4S/c1-2-19-14(22)20-25-12-6-8-21(9-7-12)26(23,24)13-5-3-4-11(10-13)15(16,17)18/h3-5,10,12H,2,6-9H2,1H3,(H2,19,20,22). The molecular formula is C15H20F3N3O4S. The van der Waals surface area contributed by atoms with Crippen molar-refractivity contribution >= 4 is 16.1 Å². The Labute approximate surface area is 149 Å². The van der Waals surface area contributed by atoms with E-state index in [1.165, 1.54) is 0 Å². The number of carbonyl (C=O) groups is 1. The predicted molar refractivity (Wildman–Crippen MR) is 86.5 cm³/mol. The van der Waals surface area contributed by atoms with Gasteiger partial charge in [0.1, 0.15) is 0 Å². The van der Waals surface area contributed by atoms with Gasteiger partial charge in [0, 0.05) is 19.6 Å².